The van der Waals surface area contributed by atoms with Gasteiger partial charge in [-0.25, -0.2) is 4.39 Å². The lowest BCUT2D eigenvalue weighted by atomic mass is 10.1. The van der Waals surface area contributed by atoms with Crippen LogP contribution in [0.25, 0.3) is 0 Å². The molecule has 2 unspecified atom stereocenters. The van der Waals surface area contributed by atoms with E-state index in [4.69, 9.17) is 5.73 Å². The number of likely N-dealkylation sites (tertiary alicyclic amines) is 1. The highest BCUT2D eigenvalue weighted by atomic mass is 19.1. The van der Waals surface area contributed by atoms with Gasteiger partial charge in [-0.15, -0.1) is 0 Å². The summed E-state index contributed by atoms with van der Waals surface area (Å²) in [5, 5.41) is 2.79. The van der Waals surface area contributed by atoms with Crippen molar-refractivity contribution in [3.63, 3.8) is 0 Å². The monoisotopic (exact) mass is 279 g/mol. The summed E-state index contributed by atoms with van der Waals surface area (Å²) in [5.41, 5.74) is 6.07. The number of amides is 1. The number of hydrogen-bond acceptors (Lipinski definition) is 3. The van der Waals surface area contributed by atoms with Gasteiger partial charge in [0.1, 0.15) is 5.82 Å². The van der Waals surface area contributed by atoms with Crippen molar-refractivity contribution in [1.82, 2.24) is 4.90 Å². The summed E-state index contributed by atoms with van der Waals surface area (Å²) in [6.07, 6.45) is 2.30. The molecule has 3 N–H and O–H groups in total. The van der Waals surface area contributed by atoms with Crippen molar-refractivity contribution in [2.45, 2.75) is 32.7 Å². The molecular formula is C15H22FN3O. The van der Waals surface area contributed by atoms with E-state index >= 15 is 0 Å². The quantitative estimate of drug-likeness (QED) is 0.832. The summed E-state index contributed by atoms with van der Waals surface area (Å²) in [6, 6.07) is 4.05. The normalized spacial score (nSPS) is 20.9. The molecule has 20 heavy (non-hydrogen) atoms. The molecule has 0 spiro atoms. The SMILES string of the molecule is CCC1CCN(C(C)C(=O)Nc2ccc(F)c(N)c2)C1. The molecule has 1 fully saturated rings. The lowest BCUT2D eigenvalue weighted by Crippen LogP contribution is -2.40. The third-order valence-electron chi connectivity index (χ3n) is 4.09. The number of anilines is 2. The second-order valence-corrected chi connectivity index (χ2v) is 5.46. The van der Waals surface area contributed by atoms with Gasteiger partial charge < -0.3 is 11.1 Å². The van der Waals surface area contributed by atoms with Crippen LogP contribution in [0.5, 0.6) is 0 Å². The van der Waals surface area contributed by atoms with Gasteiger partial charge in [-0.1, -0.05) is 13.3 Å². The molecule has 4 nitrogen and oxygen atoms in total. The lowest BCUT2D eigenvalue weighted by molar-refractivity contribution is -0.120. The zero-order valence-corrected chi connectivity index (χ0v) is 12.0. The number of carbonyl (C=O) groups is 1. The summed E-state index contributed by atoms with van der Waals surface area (Å²) in [5.74, 6) is 0.140. The van der Waals surface area contributed by atoms with E-state index in [0.29, 0.717) is 11.6 Å². The Morgan fingerprint density at radius 3 is 2.95 bits per heavy atom. The van der Waals surface area contributed by atoms with Crippen LogP contribution in [0.2, 0.25) is 0 Å². The third kappa shape index (κ3) is 3.28. The van der Waals surface area contributed by atoms with Crippen molar-refractivity contribution >= 4 is 17.3 Å². The maximum atomic E-state index is 13.1. The zero-order chi connectivity index (χ0) is 14.7. The Morgan fingerprint density at radius 1 is 1.60 bits per heavy atom. The van der Waals surface area contributed by atoms with Gasteiger partial charge in [0.05, 0.1) is 11.7 Å². The maximum Gasteiger partial charge on any atom is 0.241 e. The van der Waals surface area contributed by atoms with E-state index < -0.39 is 5.82 Å². The summed E-state index contributed by atoms with van der Waals surface area (Å²) >= 11 is 0. The average molecular weight is 279 g/mol. The van der Waals surface area contributed by atoms with Gasteiger partial charge in [-0.2, -0.15) is 0 Å². The Morgan fingerprint density at radius 2 is 2.35 bits per heavy atom. The fraction of sp³-hybridized carbons (Fsp3) is 0.533. The number of benzene rings is 1. The van der Waals surface area contributed by atoms with Gasteiger partial charge in [-0.3, -0.25) is 9.69 Å². The van der Waals surface area contributed by atoms with E-state index in [1.54, 1.807) is 0 Å². The second-order valence-electron chi connectivity index (χ2n) is 5.46. The smallest absolute Gasteiger partial charge is 0.241 e. The van der Waals surface area contributed by atoms with Crippen LogP contribution in [0, 0.1) is 11.7 Å². The van der Waals surface area contributed by atoms with E-state index in [1.807, 2.05) is 6.92 Å². The molecule has 0 bridgehead atoms. The molecule has 5 heteroatoms. The van der Waals surface area contributed by atoms with Crippen LogP contribution >= 0.6 is 0 Å². The molecule has 0 aliphatic carbocycles. The minimum absolute atomic E-state index is 0.0441. The largest absolute Gasteiger partial charge is 0.396 e. The van der Waals surface area contributed by atoms with Crippen molar-refractivity contribution in [3.05, 3.63) is 24.0 Å². The highest BCUT2D eigenvalue weighted by Gasteiger charge is 2.28. The van der Waals surface area contributed by atoms with Gasteiger partial charge >= 0.3 is 0 Å². The highest BCUT2D eigenvalue weighted by Crippen LogP contribution is 2.22. The van der Waals surface area contributed by atoms with Crippen LogP contribution in [0.3, 0.4) is 0 Å². The fourth-order valence-corrected chi connectivity index (χ4v) is 2.58. The number of halogens is 1. The zero-order valence-electron chi connectivity index (χ0n) is 12.0. The highest BCUT2D eigenvalue weighted by molar-refractivity contribution is 5.94. The number of nitrogens with two attached hydrogens (primary N) is 1. The molecule has 0 radical (unpaired) electrons. The molecule has 1 saturated heterocycles. The first-order chi connectivity index (χ1) is 9.51. The van der Waals surface area contributed by atoms with Crippen LogP contribution in [-0.2, 0) is 4.79 Å². The lowest BCUT2D eigenvalue weighted by Gasteiger charge is -2.23. The second kappa shape index (κ2) is 6.22. The molecule has 2 atom stereocenters. The maximum absolute atomic E-state index is 13.1. The molecule has 0 saturated carbocycles. The minimum atomic E-state index is -0.471. The van der Waals surface area contributed by atoms with Crippen LogP contribution in [0.1, 0.15) is 26.7 Å². The predicted octanol–water partition coefficient (Wildman–Crippen LogP) is 2.47. The van der Waals surface area contributed by atoms with E-state index in [9.17, 15) is 9.18 Å². The van der Waals surface area contributed by atoms with Gasteiger partial charge in [0, 0.05) is 12.2 Å². The van der Waals surface area contributed by atoms with E-state index in [1.165, 1.54) is 18.2 Å². The van der Waals surface area contributed by atoms with Gasteiger partial charge in [0.25, 0.3) is 0 Å². The summed E-state index contributed by atoms with van der Waals surface area (Å²) in [6.45, 7) is 6.01. The Kier molecular flexibility index (Phi) is 4.60. The van der Waals surface area contributed by atoms with Crippen LogP contribution in [0.15, 0.2) is 18.2 Å². The van der Waals surface area contributed by atoms with Gasteiger partial charge in [-0.05, 0) is 44.0 Å². The number of nitrogens with one attached hydrogen (secondary N) is 1. The van der Waals surface area contributed by atoms with E-state index in [2.05, 4.69) is 17.1 Å². The average Bonchev–Trinajstić information content (AvgIpc) is 2.91. The van der Waals surface area contributed by atoms with Crippen molar-refractivity contribution in [3.8, 4) is 0 Å². The first kappa shape index (κ1) is 14.8. The van der Waals surface area contributed by atoms with Crippen LogP contribution in [0.4, 0.5) is 15.8 Å². The van der Waals surface area contributed by atoms with Crippen LogP contribution in [-0.4, -0.2) is 29.9 Å². The summed E-state index contributed by atoms with van der Waals surface area (Å²) < 4.78 is 13.1. The Hall–Kier alpha value is -1.62. The molecule has 1 amide bonds. The van der Waals surface area contributed by atoms with Crippen molar-refractivity contribution in [1.29, 1.82) is 0 Å². The third-order valence-corrected chi connectivity index (χ3v) is 4.09. The Bertz CT molecular complexity index is 492. The van der Waals surface area contributed by atoms with Crippen LogP contribution < -0.4 is 11.1 Å². The minimum Gasteiger partial charge on any atom is -0.396 e. The Balaban J connectivity index is 1.95. The molecule has 1 heterocycles. The standard InChI is InChI=1S/C15H22FN3O/c1-3-11-6-7-19(9-11)10(2)15(20)18-12-4-5-13(16)14(17)8-12/h4-5,8,10-11H,3,6-7,9,17H2,1-2H3,(H,18,20). The van der Waals surface area contributed by atoms with E-state index in [-0.39, 0.29) is 17.6 Å². The topological polar surface area (TPSA) is 58.4 Å². The fourth-order valence-electron chi connectivity index (χ4n) is 2.58. The number of nitrogen functional groups attached to an aromatic ring is 1. The first-order valence-electron chi connectivity index (χ1n) is 7.11. The Labute approximate surface area is 119 Å². The molecule has 110 valence electrons. The number of carbonyl (C=O) groups excluding carboxylic acids is 1. The molecular weight excluding hydrogens is 257 g/mol. The number of hydrogen-bond donors (Lipinski definition) is 2. The molecule has 2 rings (SSSR count). The molecule has 1 aliphatic rings. The van der Waals surface area contributed by atoms with Crippen molar-refractivity contribution in [2.75, 3.05) is 24.1 Å². The number of rotatable bonds is 4. The number of nitrogens with zero attached hydrogens (tertiary/aromatic N) is 1. The van der Waals surface area contributed by atoms with E-state index in [0.717, 1.165) is 25.9 Å². The van der Waals surface area contributed by atoms with Gasteiger partial charge in [0.15, 0.2) is 0 Å². The molecule has 1 aromatic rings. The molecule has 1 aromatic carbocycles. The van der Waals surface area contributed by atoms with Gasteiger partial charge in [0.2, 0.25) is 5.91 Å². The molecule has 1 aliphatic heterocycles. The summed E-state index contributed by atoms with van der Waals surface area (Å²) in [7, 11) is 0. The van der Waals surface area contributed by atoms with Crippen molar-refractivity contribution in [2.24, 2.45) is 5.92 Å². The molecule has 0 aromatic heterocycles. The summed E-state index contributed by atoms with van der Waals surface area (Å²) in [4.78, 5) is 14.4. The predicted molar refractivity (Wildman–Crippen MR) is 78.9 cm³/mol. The van der Waals surface area contributed by atoms with Crippen molar-refractivity contribution < 1.29 is 9.18 Å². The first-order valence-corrected chi connectivity index (χ1v) is 7.11.